The number of rotatable bonds is 6. The van der Waals surface area contributed by atoms with E-state index in [1.807, 2.05) is 37.3 Å². The summed E-state index contributed by atoms with van der Waals surface area (Å²) in [6.45, 7) is 3.75. The van der Waals surface area contributed by atoms with Crippen LogP contribution in [-0.4, -0.2) is 18.6 Å². The summed E-state index contributed by atoms with van der Waals surface area (Å²) in [4.78, 5) is 35.4. The number of alkyl carbamates (subject to hydrolysis) is 1. The van der Waals surface area contributed by atoms with Crippen LogP contribution < -0.4 is 15.7 Å². The van der Waals surface area contributed by atoms with Gasteiger partial charge < -0.3 is 19.2 Å². The van der Waals surface area contributed by atoms with E-state index in [-0.39, 0.29) is 19.6 Å². The number of hydrogen-bond acceptors (Lipinski definition) is 6. The van der Waals surface area contributed by atoms with Crippen molar-refractivity contribution in [2.24, 2.45) is 0 Å². The minimum absolute atomic E-state index is 0.0321. The zero-order valence-corrected chi connectivity index (χ0v) is 16.2. The van der Waals surface area contributed by atoms with Crippen molar-refractivity contribution < 1.29 is 23.5 Å². The Kier molecular flexibility index (Phi) is 6.29. The van der Waals surface area contributed by atoms with Crippen LogP contribution in [-0.2, 0) is 16.1 Å². The maximum Gasteiger partial charge on any atom is 0.407 e. The summed E-state index contributed by atoms with van der Waals surface area (Å²) in [5.74, 6) is -0.214. The maximum absolute atomic E-state index is 12.1. The number of ether oxygens (including phenoxy) is 2. The lowest BCUT2D eigenvalue weighted by Crippen LogP contribution is -2.27. The van der Waals surface area contributed by atoms with Crippen LogP contribution in [0.2, 0.25) is 0 Å². The van der Waals surface area contributed by atoms with Crippen LogP contribution in [0.5, 0.6) is 5.75 Å². The highest BCUT2D eigenvalue weighted by Crippen LogP contribution is 2.28. The lowest BCUT2D eigenvalue weighted by molar-refractivity contribution is -0.134. The Morgan fingerprint density at radius 3 is 2.59 bits per heavy atom. The molecule has 0 bridgehead atoms. The molecule has 3 rings (SSSR count). The lowest BCUT2D eigenvalue weighted by Gasteiger charge is -2.10. The van der Waals surface area contributed by atoms with Crippen molar-refractivity contribution in [2.45, 2.75) is 26.9 Å². The van der Waals surface area contributed by atoms with Crippen molar-refractivity contribution in [3.63, 3.8) is 0 Å². The number of benzene rings is 2. The number of carbonyl (C=O) groups excluding carboxylic acids is 2. The van der Waals surface area contributed by atoms with Crippen molar-refractivity contribution in [1.82, 2.24) is 5.32 Å². The molecule has 0 radical (unpaired) electrons. The van der Waals surface area contributed by atoms with Gasteiger partial charge in [-0.2, -0.15) is 0 Å². The Labute approximate surface area is 167 Å². The van der Waals surface area contributed by atoms with E-state index in [2.05, 4.69) is 5.32 Å². The summed E-state index contributed by atoms with van der Waals surface area (Å²) in [6, 6.07) is 14.1. The Morgan fingerprint density at radius 1 is 1.07 bits per heavy atom. The Balaban J connectivity index is 1.51. The summed E-state index contributed by atoms with van der Waals surface area (Å²) < 4.78 is 15.7. The predicted octanol–water partition coefficient (Wildman–Crippen LogP) is 3.63. The third-order valence-corrected chi connectivity index (χ3v) is 4.35. The first-order chi connectivity index (χ1) is 13.9. The van der Waals surface area contributed by atoms with Gasteiger partial charge in [0.15, 0.2) is 0 Å². The molecule has 3 aromatic rings. The van der Waals surface area contributed by atoms with E-state index in [1.54, 1.807) is 19.1 Å². The van der Waals surface area contributed by atoms with Crippen molar-refractivity contribution in [2.75, 3.05) is 6.54 Å². The lowest BCUT2D eigenvalue weighted by atomic mass is 10.1. The Hall–Kier alpha value is -3.61. The Morgan fingerprint density at radius 2 is 1.83 bits per heavy atom. The molecule has 0 aliphatic rings. The van der Waals surface area contributed by atoms with Crippen LogP contribution in [0.15, 0.2) is 57.7 Å². The molecule has 150 valence electrons. The van der Waals surface area contributed by atoms with Gasteiger partial charge in [-0.25, -0.2) is 9.59 Å². The molecule has 2 aromatic carbocycles. The van der Waals surface area contributed by atoms with E-state index in [0.717, 1.165) is 16.5 Å². The highest BCUT2D eigenvalue weighted by Gasteiger charge is 2.13. The molecule has 0 aliphatic carbocycles. The highest BCUT2D eigenvalue weighted by molar-refractivity contribution is 5.86. The van der Waals surface area contributed by atoms with Crippen LogP contribution in [0.25, 0.3) is 11.0 Å². The van der Waals surface area contributed by atoms with E-state index in [4.69, 9.17) is 13.9 Å². The van der Waals surface area contributed by atoms with Crippen LogP contribution in [0.4, 0.5) is 4.79 Å². The fourth-order valence-electron chi connectivity index (χ4n) is 2.83. The third kappa shape index (κ3) is 5.22. The van der Waals surface area contributed by atoms with Crippen molar-refractivity contribution >= 4 is 23.0 Å². The number of nitrogens with one attached hydrogen (secondary N) is 1. The molecule has 29 heavy (non-hydrogen) atoms. The monoisotopic (exact) mass is 395 g/mol. The summed E-state index contributed by atoms with van der Waals surface area (Å²) in [7, 11) is 0. The quantitative estimate of drug-likeness (QED) is 0.389. The van der Waals surface area contributed by atoms with Gasteiger partial charge in [0.25, 0.3) is 0 Å². The van der Waals surface area contributed by atoms with Crippen LogP contribution in [0, 0.1) is 13.8 Å². The molecular formula is C22H21NO6. The van der Waals surface area contributed by atoms with E-state index in [9.17, 15) is 14.4 Å². The molecule has 1 aromatic heterocycles. The van der Waals surface area contributed by atoms with Crippen molar-refractivity contribution in [3.8, 4) is 5.75 Å². The summed E-state index contributed by atoms with van der Waals surface area (Å²) in [5.41, 5.74) is 2.15. The van der Waals surface area contributed by atoms with Crippen molar-refractivity contribution in [1.29, 1.82) is 0 Å². The molecule has 7 heteroatoms. The number of aryl methyl sites for hydroxylation is 2. The van der Waals surface area contributed by atoms with Gasteiger partial charge in [-0.05, 0) is 37.1 Å². The number of amides is 1. The van der Waals surface area contributed by atoms with Gasteiger partial charge in [0, 0.05) is 23.6 Å². The van der Waals surface area contributed by atoms with Gasteiger partial charge in [0.2, 0.25) is 0 Å². The molecule has 1 heterocycles. The molecule has 1 amide bonds. The second-order valence-corrected chi connectivity index (χ2v) is 6.53. The fourth-order valence-corrected chi connectivity index (χ4v) is 2.83. The SMILES string of the molecule is Cc1cc(=O)oc2c(C)c(OC(=O)CCNC(=O)OCc3ccccc3)ccc12. The van der Waals surface area contributed by atoms with Crippen molar-refractivity contribution in [3.05, 3.63) is 75.6 Å². The molecule has 7 nitrogen and oxygen atoms in total. The third-order valence-electron chi connectivity index (χ3n) is 4.35. The first-order valence-corrected chi connectivity index (χ1v) is 9.13. The molecule has 0 unspecified atom stereocenters. The largest absolute Gasteiger partial charge is 0.445 e. The van der Waals surface area contributed by atoms with Gasteiger partial charge in [-0.1, -0.05) is 30.3 Å². The molecule has 0 spiro atoms. The van der Waals surface area contributed by atoms with Crippen LogP contribution in [0.1, 0.15) is 23.1 Å². The predicted molar refractivity (Wildman–Crippen MR) is 107 cm³/mol. The van der Waals surface area contributed by atoms with Gasteiger partial charge >= 0.3 is 17.7 Å². The zero-order valence-electron chi connectivity index (χ0n) is 16.2. The second kappa shape index (κ2) is 9.05. The second-order valence-electron chi connectivity index (χ2n) is 6.53. The number of fused-ring (bicyclic) bond motifs is 1. The smallest absolute Gasteiger partial charge is 0.407 e. The van der Waals surface area contributed by atoms with E-state index < -0.39 is 17.7 Å². The van der Waals surface area contributed by atoms with Crippen LogP contribution in [0.3, 0.4) is 0 Å². The topological polar surface area (TPSA) is 94.8 Å². The molecule has 0 aliphatic heterocycles. The summed E-state index contributed by atoms with van der Waals surface area (Å²) in [5, 5.41) is 3.29. The molecule has 1 N–H and O–H groups in total. The van der Waals surface area contributed by atoms with Gasteiger partial charge in [0.1, 0.15) is 17.9 Å². The normalized spacial score (nSPS) is 10.6. The summed E-state index contributed by atoms with van der Waals surface area (Å²) >= 11 is 0. The molecular weight excluding hydrogens is 374 g/mol. The zero-order chi connectivity index (χ0) is 20.8. The van der Waals surface area contributed by atoms with Crippen LogP contribution >= 0.6 is 0 Å². The number of hydrogen-bond donors (Lipinski definition) is 1. The highest BCUT2D eigenvalue weighted by atomic mass is 16.5. The van der Waals surface area contributed by atoms with Gasteiger partial charge in [-0.15, -0.1) is 0 Å². The van der Waals surface area contributed by atoms with Gasteiger partial charge in [-0.3, -0.25) is 4.79 Å². The Bertz CT molecular complexity index is 1090. The number of carbonyl (C=O) groups is 2. The standard InChI is InChI=1S/C22H21NO6/c1-14-12-20(25)29-21-15(2)18(9-8-17(14)21)28-19(24)10-11-23-22(26)27-13-16-6-4-3-5-7-16/h3-9,12H,10-11,13H2,1-2H3,(H,23,26). The first kappa shape index (κ1) is 20.1. The van der Waals surface area contributed by atoms with Gasteiger partial charge in [0.05, 0.1) is 6.42 Å². The molecule has 0 saturated carbocycles. The average Bonchev–Trinajstić information content (AvgIpc) is 2.69. The molecule has 0 saturated heterocycles. The van der Waals surface area contributed by atoms with E-state index >= 15 is 0 Å². The number of esters is 1. The minimum Gasteiger partial charge on any atom is -0.445 e. The molecule has 0 fully saturated rings. The summed E-state index contributed by atoms with van der Waals surface area (Å²) in [6.07, 6.45) is -0.642. The average molecular weight is 395 g/mol. The molecule has 0 atom stereocenters. The van der Waals surface area contributed by atoms with E-state index in [0.29, 0.717) is 16.9 Å². The van der Waals surface area contributed by atoms with E-state index in [1.165, 1.54) is 6.07 Å². The maximum atomic E-state index is 12.1. The minimum atomic E-state index is -0.610. The fraction of sp³-hybridized carbons (Fsp3) is 0.227. The first-order valence-electron chi connectivity index (χ1n) is 9.13.